The maximum Gasteiger partial charge on any atom is 0.371 e. The number of hydrogen-bond donors (Lipinski definition) is 1. The fourth-order valence-electron chi connectivity index (χ4n) is 2.25. The summed E-state index contributed by atoms with van der Waals surface area (Å²) in [6, 6.07) is 2.51. The Labute approximate surface area is 117 Å². The molecule has 7 nitrogen and oxygen atoms in total. The minimum Gasteiger partial charge on any atom is -0.475 e. The second kappa shape index (κ2) is 5.19. The number of sulfonamides is 1. The summed E-state index contributed by atoms with van der Waals surface area (Å²) in [4.78, 5) is 12.9. The maximum absolute atomic E-state index is 12.4. The van der Waals surface area contributed by atoms with Gasteiger partial charge in [-0.3, -0.25) is 4.90 Å². The minimum atomic E-state index is -3.79. The second-order valence-corrected chi connectivity index (χ2v) is 6.98. The Morgan fingerprint density at radius 1 is 1.30 bits per heavy atom. The van der Waals surface area contributed by atoms with Gasteiger partial charge in [0.05, 0.1) is 0 Å². The van der Waals surface area contributed by atoms with E-state index in [9.17, 15) is 13.2 Å². The van der Waals surface area contributed by atoms with E-state index in [1.165, 1.54) is 10.4 Å². The molecule has 0 radical (unpaired) electrons. The van der Waals surface area contributed by atoms with E-state index < -0.39 is 16.0 Å². The van der Waals surface area contributed by atoms with Crippen LogP contribution in [0, 0.1) is 0 Å². The number of hydrogen-bond acceptors (Lipinski definition) is 5. The van der Waals surface area contributed by atoms with Crippen LogP contribution in [0.25, 0.3) is 0 Å². The van der Waals surface area contributed by atoms with Crippen LogP contribution in [0.15, 0.2) is 21.6 Å². The van der Waals surface area contributed by atoms with Gasteiger partial charge in [0.2, 0.25) is 10.9 Å². The molecule has 1 aromatic rings. The van der Waals surface area contributed by atoms with E-state index in [2.05, 4.69) is 4.90 Å². The predicted molar refractivity (Wildman–Crippen MR) is 71.1 cm³/mol. The van der Waals surface area contributed by atoms with Crippen molar-refractivity contribution in [3.05, 3.63) is 17.9 Å². The molecule has 1 aromatic heterocycles. The molecule has 2 atom stereocenters. The SMILES string of the molecule is CC1CN(S(=O)(=O)c2ccc(C(=O)O)o2)CC(C)N1C. The molecule has 1 aliphatic rings. The van der Waals surface area contributed by atoms with E-state index in [0.717, 1.165) is 6.07 Å². The van der Waals surface area contributed by atoms with Crippen molar-refractivity contribution in [3.8, 4) is 0 Å². The Morgan fingerprint density at radius 2 is 1.85 bits per heavy atom. The van der Waals surface area contributed by atoms with Gasteiger partial charge < -0.3 is 9.52 Å². The molecule has 0 spiro atoms. The van der Waals surface area contributed by atoms with E-state index in [1.54, 1.807) is 0 Å². The first-order valence-electron chi connectivity index (χ1n) is 6.28. The Kier molecular flexibility index (Phi) is 3.90. The van der Waals surface area contributed by atoms with Crippen LogP contribution in [0.5, 0.6) is 0 Å². The van der Waals surface area contributed by atoms with E-state index in [4.69, 9.17) is 9.52 Å². The standard InChI is InChI=1S/C12H18N2O5S/c1-8-6-14(7-9(2)13(8)3)20(17,18)11-5-4-10(19-11)12(15)16/h4-5,8-9H,6-7H2,1-3H3,(H,15,16). The third-order valence-corrected chi connectivity index (χ3v) is 5.42. The number of aromatic carboxylic acids is 1. The van der Waals surface area contributed by atoms with Crippen LogP contribution in [0.1, 0.15) is 24.4 Å². The molecule has 20 heavy (non-hydrogen) atoms. The van der Waals surface area contributed by atoms with Crippen LogP contribution < -0.4 is 0 Å². The number of carboxylic acid groups (broad SMARTS) is 1. The highest BCUT2D eigenvalue weighted by atomic mass is 32.2. The first-order valence-corrected chi connectivity index (χ1v) is 7.72. The van der Waals surface area contributed by atoms with Crippen LogP contribution in [-0.2, 0) is 10.0 Å². The van der Waals surface area contributed by atoms with Gasteiger partial charge in [-0.25, -0.2) is 13.2 Å². The number of nitrogens with zero attached hydrogens (tertiary/aromatic N) is 2. The number of carboxylic acids is 1. The van der Waals surface area contributed by atoms with Crippen LogP contribution in [0.3, 0.4) is 0 Å². The molecule has 8 heteroatoms. The molecule has 1 fully saturated rings. The summed E-state index contributed by atoms with van der Waals surface area (Å²) in [5, 5.41) is 8.46. The summed E-state index contributed by atoms with van der Waals surface area (Å²) in [5.41, 5.74) is 0. The van der Waals surface area contributed by atoms with Crippen LogP contribution in [-0.4, -0.2) is 60.9 Å². The Bertz CT molecular complexity index is 597. The first kappa shape index (κ1) is 15.0. The summed E-state index contributed by atoms with van der Waals surface area (Å²) in [6.07, 6.45) is 0. The van der Waals surface area contributed by atoms with Crippen LogP contribution in [0.4, 0.5) is 0 Å². The van der Waals surface area contributed by atoms with Gasteiger partial charge in [0.1, 0.15) is 0 Å². The number of carbonyl (C=O) groups is 1. The summed E-state index contributed by atoms with van der Waals surface area (Å²) in [7, 11) is -1.83. The second-order valence-electron chi connectivity index (χ2n) is 5.11. The number of likely N-dealkylation sites (N-methyl/N-ethyl adjacent to an activating group) is 1. The smallest absolute Gasteiger partial charge is 0.371 e. The molecule has 1 saturated heterocycles. The van der Waals surface area contributed by atoms with Crippen molar-refractivity contribution >= 4 is 16.0 Å². The van der Waals surface area contributed by atoms with Gasteiger partial charge in [0, 0.05) is 25.2 Å². The van der Waals surface area contributed by atoms with E-state index >= 15 is 0 Å². The number of piperazine rings is 1. The Morgan fingerprint density at radius 3 is 2.30 bits per heavy atom. The number of rotatable bonds is 3. The summed E-state index contributed by atoms with van der Waals surface area (Å²) in [5.74, 6) is -1.66. The van der Waals surface area contributed by atoms with Crippen LogP contribution in [0.2, 0.25) is 0 Å². The molecule has 1 N–H and O–H groups in total. The van der Waals surface area contributed by atoms with Crippen molar-refractivity contribution in [1.82, 2.24) is 9.21 Å². The molecular formula is C12H18N2O5S. The van der Waals surface area contributed by atoms with Gasteiger partial charge in [-0.2, -0.15) is 4.31 Å². The molecule has 2 heterocycles. The van der Waals surface area contributed by atoms with Gasteiger partial charge in [-0.15, -0.1) is 0 Å². The average molecular weight is 302 g/mol. The van der Waals surface area contributed by atoms with Crippen molar-refractivity contribution in [1.29, 1.82) is 0 Å². The molecule has 2 unspecified atom stereocenters. The van der Waals surface area contributed by atoms with Crippen molar-refractivity contribution in [2.24, 2.45) is 0 Å². The van der Waals surface area contributed by atoms with Gasteiger partial charge in [-0.1, -0.05) is 0 Å². The highest BCUT2D eigenvalue weighted by Crippen LogP contribution is 2.23. The molecule has 0 aliphatic carbocycles. The summed E-state index contributed by atoms with van der Waals surface area (Å²) >= 11 is 0. The lowest BCUT2D eigenvalue weighted by molar-refractivity contribution is 0.0655. The van der Waals surface area contributed by atoms with Gasteiger partial charge >= 0.3 is 5.97 Å². The molecule has 0 aromatic carbocycles. The molecule has 2 rings (SSSR count). The zero-order valence-electron chi connectivity index (χ0n) is 11.6. The topological polar surface area (TPSA) is 91.1 Å². The zero-order valence-corrected chi connectivity index (χ0v) is 12.4. The lowest BCUT2D eigenvalue weighted by Gasteiger charge is -2.41. The van der Waals surface area contributed by atoms with E-state index in [1.807, 2.05) is 20.9 Å². The number of furan rings is 1. The molecule has 112 valence electrons. The van der Waals surface area contributed by atoms with E-state index in [0.29, 0.717) is 13.1 Å². The van der Waals surface area contributed by atoms with Gasteiger partial charge in [0.25, 0.3) is 10.0 Å². The molecule has 0 amide bonds. The van der Waals surface area contributed by atoms with Crippen LogP contribution >= 0.6 is 0 Å². The lowest BCUT2D eigenvalue weighted by atomic mass is 10.1. The molecule has 0 saturated carbocycles. The van der Waals surface area contributed by atoms with Crippen molar-refractivity contribution < 1.29 is 22.7 Å². The third-order valence-electron chi connectivity index (χ3n) is 3.71. The Hall–Kier alpha value is -1.38. The fourth-order valence-corrected chi connectivity index (χ4v) is 3.77. The molecule has 1 aliphatic heterocycles. The fraction of sp³-hybridized carbons (Fsp3) is 0.583. The monoisotopic (exact) mass is 302 g/mol. The quantitative estimate of drug-likeness (QED) is 0.883. The summed E-state index contributed by atoms with van der Waals surface area (Å²) in [6.45, 7) is 4.60. The van der Waals surface area contributed by atoms with Crippen molar-refractivity contribution in [2.45, 2.75) is 31.0 Å². The highest BCUT2D eigenvalue weighted by molar-refractivity contribution is 7.89. The molecular weight excluding hydrogens is 284 g/mol. The van der Waals surface area contributed by atoms with Gasteiger partial charge in [-0.05, 0) is 33.0 Å². The third kappa shape index (κ3) is 2.58. The Balaban J connectivity index is 2.28. The van der Waals surface area contributed by atoms with E-state index in [-0.39, 0.29) is 22.9 Å². The predicted octanol–water partition coefficient (Wildman–Crippen LogP) is 0.691. The highest BCUT2D eigenvalue weighted by Gasteiger charge is 2.36. The van der Waals surface area contributed by atoms with Crippen molar-refractivity contribution in [3.63, 3.8) is 0 Å². The maximum atomic E-state index is 12.4. The molecule has 0 bridgehead atoms. The normalized spacial score (nSPS) is 25.8. The largest absolute Gasteiger partial charge is 0.475 e. The lowest BCUT2D eigenvalue weighted by Crippen LogP contribution is -2.56. The first-order chi connectivity index (χ1) is 9.23. The van der Waals surface area contributed by atoms with Gasteiger partial charge in [0.15, 0.2) is 0 Å². The zero-order chi connectivity index (χ0) is 15.1. The minimum absolute atomic E-state index is 0.0856. The van der Waals surface area contributed by atoms with Crippen molar-refractivity contribution in [2.75, 3.05) is 20.1 Å². The summed E-state index contributed by atoms with van der Waals surface area (Å²) < 4.78 is 31.1. The average Bonchev–Trinajstić information content (AvgIpc) is 2.85.